The Kier molecular flexibility index (Phi) is 2.65. The van der Waals surface area contributed by atoms with Gasteiger partial charge in [-0.1, -0.05) is 31.2 Å². The Bertz CT molecular complexity index is 334. The van der Waals surface area contributed by atoms with Crippen LogP contribution in [-0.4, -0.2) is 5.11 Å². The van der Waals surface area contributed by atoms with Gasteiger partial charge >= 0.3 is 0 Å². The molecule has 1 saturated heterocycles. The maximum atomic E-state index is 4.96. The number of hydrazine groups is 1. The van der Waals surface area contributed by atoms with E-state index in [0.29, 0.717) is 5.11 Å². The molecule has 14 heavy (non-hydrogen) atoms. The van der Waals surface area contributed by atoms with E-state index < -0.39 is 0 Å². The van der Waals surface area contributed by atoms with E-state index in [4.69, 9.17) is 12.2 Å². The second-order valence-electron chi connectivity index (χ2n) is 3.27. The molecule has 0 bridgehead atoms. The predicted octanol–water partition coefficient (Wildman–Crippen LogP) is 1.23. The highest BCUT2D eigenvalue weighted by Crippen LogP contribution is 2.13. The fourth-order valence-electron chi connectivity index (χ4n) is 1.45. The van der Waals surface area contributed by atoms with Crippen LogP contribution in [0.15, 0.2) is 24.3 Å². The minimum atomic E-state index is 0.0911. The van der Waals surface area contributed by atoms with Crippen LogP contribution in [-0.2, 0) is 6.42 Å². The molecule has 1 aromatic carbocycles. The summed E-state index contributed by atoms with van der Waals surface area (Å²) in [6, 6.07) is 8.50. The van der Waals surface area contributed by atoms with Gasteiger partial charge in [0.05, 0.1) is 0 Å². The molecule has 1 aromatic rings. The number of benzene rings is 1. The van der Waals surface area contributed by atoms with Crippen molar-refractivity contribution >= 4 is 17.3 Å². The zero-order chi connectivity index (χ0) is 9.97. The summed E-state index contributed by atoms with van der Waals surface area (Å²) >= 11 is 4.96. The molecule has 1 atom stereocenters. The first-order valence-electron chi connectivity index (χ1n) is 4.70. The van der Waals surface area contributed by atoms with Crippen molar-refractivity contribution in [1.82, 2.24) is 16.2 Å². The van der Waals surface area contributed by atoms with Crippen molar-refractivity contribution in [2.75, 3.05) is 0 Å². The molecule has 4 heteroatoms. The number of nitrogens with one attached hydrogen (secondary N) is 3. The summed E-state index contributed by atoms with van der Waals surface area (Å²) in [5.41, 5.74) is 8.46. The van der Waals surface area contributed by atoms with Gasteiger partial charge in [0, 0.05) is 0 Å². The van der Waals surface area contributed by atoms with Crippen LogP contribution in [0.1, 0.15) is 24.2 Å². The van der Waals surface area contributed by atoms with Crippen molar-refractivity contribution in [3.63, 3.8) is 0 Å². The van der Waals surface area contributed by atoms with Gasteiger partial charge in [0.25, 0.3) is 0 Å². The zero-order valence-electron chi connectivity index (χ0n) is 8.00. The molecule has 3 N–H and O–H groups in total. The summed E-state index contributed by atoms with van der Waals surface area (Å²) in [5.74, 6) is 0. The summed E-state index contributed by atoms with van der Waals surface area (Å²) in [4.78, 5) is 0. The predicted molar refractivity (Wildman–Crippen MR) is 60.6 cm³/mol. The highest BCUT2D eigenvalue weighted by molar-refractivity contribution is 7.80. The van der Waals surface area contributed by atoms with E-state index in [-0.39, 0.29) is 6.17 Å². The van der Waals surface area contributed by atoms with Gasteiger partial charge in [-0.3, -0.25) is 5.43 Å². The quantitative estimate of drug-likeness (QED) is 0.638. The van der Waals surface area contributed by atoms with Crippen LogP contribution in [0.3, 0.4) is 0 Å². The van der Waals surface area contributed by atoms with E-state index in [1.807, 2.05) is 0 Å². The van der Waals surface area contributed by atoms with E-state index in [0.717, 1.165) is 6.42 Å². The average molecular weight is 207 g/mol. The van der Waals surface area contributed by atoms with Crippen molar-refractivity contribution in [3.05, 3.63) is 35.4 Å². The smallest absolute Gasteiger partial charge is 0.182 e. The summed E-state index contributed by atoms with van der Waals surface area (Å²) < 4.78 is 0. The average Bonchev–Trinajstić information content (AvgIpc) is 2.65. The molecular formula is C10H13N3S. The molecule has 1 aliphatic rings. The third-order valence-electron chi connectivity index (χ3n) is 2.33. The normalized spacial score (nSPS) is 20.4. The standard InChI is InChI=1S/C10H13N3S/c1-2-7-3-5-8(6-4-7)9-11-10(14)13-12-9/h3-6,9,12H,2H2,1H3,(H2,11,13,14). The highest BCUT2D eigenvalue weighted by atomic mass is 32.1. The SMILES string of the molecule is CCc1ccc(C2NNC(=S)N2)cc1. The molecule has 0 saturated carbocycles. The third-order valence-corrected chi connectivity index (χ3v) is 2.55. The maximum absolute atomic E-state index is 4.96. The summed E-state index contributed by atoms with van der Waals surface area (Å²) in [6.07, 6.45) is 1.16. The lowest BCUT2D eigenvalue weighted by Gasteiger charge is -2.10. The first-order chi connectivity index (χ1) is 6.79. The summed E-state index contributed by atoms with van der Waals surface area (Å²) in [7, 11) is 0. The second-order valence-corrected chi connectivity index (χ2v) is 3.68. The Morgan fingerprint density at radius 2 is 2.00 bits per heavy atom. The maximum Gasteiger partial charge on any atom is 0.182 e. The Balaban J connectivity index is 2.13. The second kappa shape index (κ2) is 3.94. The Hall–Kier alpha value is -1.13. The first-order valence-corrected chi connectivity index (χ1v) is 5.11. The van der Waals surface area contributed by atoms with Crippen LogP contribution in [0.5, 0.6) is 0 Å². The summed E-state index contributed by atoms with van der Waals surface area (Å²) in [6.45, 7) is 2.15. The fourth-order valence-corrected chi connectivity index (χ4v) is 1.63. The first kappa shape index (κ1) is 9.43. The van der Waals surface area contributed by atoms with Gasteiger partial charge in [-0.25, -0.2) is 5.43 Å². The third kappa shape index (κ3) is 1.86. The number of rotatable bonds is 2. The van der Waals surface area contributed by atoms with Crippen molar-refractivity contribution < 1.29 is 0 Å². The minimum Gasteiger partial charge on any atom is -0.341 e. The molecule has 3 nitrogen and oxygen atoms in total. The van der Waals surface area contributed by atoms with Crippen molar-refractivity contribution in [2.45, 2.75) is 19.5 Å². The molecule has 1 unspecified atom stereocenters. The van der Waals surface area contributed by atoms with Crippen LogP contribution in [0.25, 0.3) is 0 Å². The van der Waals surface area contributed by atoms with Gasteiger partial charge in [0.15, 0.2) is 5.11 Å². The largest absolute Gasteiger partial charge is 0.341 e. The van der Waals surface area contributed by atoms with Crippen LogP contribution in [0.4, 0.5) is 0 Å². The van der Waals surface area contributed by atoms with Crippen LogP contribution < -0.4 is 16.2 Å². The molecule has 0 amide bonds. The lowest BCUT2D eigenvalue weighted by molar-refractivity contribution is 0.554. The number of thiocarbonyl (C=S) groups is 1. The highest BCUT2D eigenvalue weighted by Gasteiger charge is 2.17. The molecule has 2 rings (SSSR count). The van der Waals surface area contributed by atoms with Crippen molar-refractivity contribution in [1.29, 1.82) is 0 Å². The van der Waals surface area contributed by atoms with Crippen LogP contribution >= 0.6 is 12.2 Å². The molecule has 1 fully saturated rings. The van der Waals surface area contributed by atoms with Gasteiger partial charge in [-0.2, -0.15) is 0 Å². The van der Waals surface area contributed by atoms with Crippen molar-refractivity contribution in [2.24, 2.45) is 0 Å². The molecule has 0 radical (unpaired) electrons. The molecular weight excluding hydrogens is 194 g/mol. The van der Waals surface area contributed by atoms with Crippen LogP contribution in [0, 0.1) is 0 Å². The van der Waals surface area contributed by atoms with Gasteiger partial charge in [-0.15, -0.1) is 0 Å². The molecule has 0 aromatic heterocycles. The van der Waals surface area contributed by atoms with E-state index in [1.165, 1.54) is 11.1 Å². The Morgan fingerprint density at radius 3 is 2.50 bits per heavy atom. The molecule has 74 valence electrons. The van der Waals surface area contributed by atoms with Gasteiger partial charge in [0.2, 0.25) is 0 Å². The fraction of sp³-hybridized carbons (Fsp3) is 0.300. The Labute approximate surface area is 88.9 Å². The molecule has 0 spiro atoms. The molecule has 0 aliphatic carbocycles. The van der Waals surface area contributed by atoms with Gasteiger partial charge in [-0.05, 0) is 29.8 Å². The van der Waals surface area contributed by atoms with E-state index in [2.05, 4.69) is 47.4 Å². The molecule has 1 aliphatic heterocycles. The minimum absolute atomic E-state index is 0.0911. The topological polar surface area (TPSA) is 36.1 Å². The van der Waals surface area contributed by atoms with Gasteiger partial charge < -0.3 is 5.32 Å². The zero-order valence-corrected chi connectivity index (χ0v) is 8.82. The lowest BCUT2D eigenvalue weighted by atomic mass is 10.1. The van der Waals surface area contributed by atoms with Crippen LogP contribution in [0.2, 0.25) is 0 Å². The lowest BCUT2D eigenvalue weighted by Crippen LogP contribution is -2.26. The molecule has 1 heterocycles. The van der Waals surface area contributed by atoms with E-state index in [9.17, 15) is 0 Å². The number of hydrogen-bond donors (Lipinski definition) is 3. The van der Waals surface area contributed by atoms with Crippen molar-refractivity contribution in [3.8, 4) is 0 Å². The monoisotopic (exact) mass is 207 g/mol. The van der Waals surface area contributed by atoms with E-state index >= 15 is 0 Å². The number of aryl methyl sites for hydroxylation is 1. The summed E-state index contributed by atoms with van der Waals surface area (Å²) in [5, 5.41) is 3.76. The van der Waals surface area contributed by atoms with E-state index in [1.54, 1.807) is 0 Å². The van der Waals surface area contributed by atoms with Gasteiger partial charge in [0.1, 0.15) is 6.17 Å². The number of hydrogen-bond acceptors (Lipinski definition) is 2. The Morgan fingerprint density at radius 1 is 1.29 bits per heavy atom.